The molecule has 0 spiro atoms. The number of nitrogens with zero attached hydrogens (tertiary/aromatic N) is 1. The summed E-state index contributed by atoms with van der Waals surface area (Å²) < 4.78 is 33.8. The summed E-state index contributed by atoms with van der Waals surface area (Å²) in [6, 6.07) is 8.58. The first kappa shape index (κ1) is 26.3. The number of piperidine rings is 1. The summed E-state index contributed by atoms with van der Waals surface area (Å²) in [7, 11) is 0. The summed E-state index contributed by atoms with van der Waals surface area (Å²) in [5, 5.41) is 21.5. The predicted octanol–water partition coefficient (Wildman–Crippen LogP) is 8.78. The molecule has 0 saturated carbocycles. The molecule has 2 heterocycles. The minimum atomic E-state index is -2.33. The Balaban J connectivity index is 1.60. The molecule has 3 unspecified atom stereocenters. The number of ketones is 1. The first-order valence-electron chi connectivity index (χ1n) is 16.2. The predicted molar refractivity (Wildman–Crippen MR) is 174 cm³/mol. The van der Waals surface area contributed by atoms with Gasteiger partial charge in [0.25, 0.3) is 0 Å². The van der Waals surface area contributed by atoms with Gasteiger partial charge in [-0.3, -0.25) is 9.69 Å². The van der Waals surface area contributed by atoms with E-state index in [9.17, 15) is 15.0 Å². The second-order valence-corrected chi connectivity index (χ2v) is 12.9. The summed E-state index contributed by atoms with van der Waals surface area (Å²) in [6.07, 6.45) is 2.87. The number of phenolic OH excluding ortho intramolecular Hbond substituents is 2. The molecule has 1 saturated heterocycles. The minimum Gasteiger partial charge on any atom is -0.508 e. The lowest BCUT2D eigenvalue weighted by molar-refractivity contribution is 0.0396. The summed E-state index contributed by atoms with van der Waals surface area (Å²) in [6.45, 7) is 12.6. The molecule has 42 heavy (non-hydrogen) atoms. The summed E-state index contributed by atoms with van der Waals surface area (Å²) in [5.41, 5.74) is 5.48. The number of likely N-dealkylation sites (tertiary alicyclic amines) is 1. The number of hydrogen-bond donors (Lipinski definition) is 2. The summed E-state index contributed by atoms with van der Waals surface area (Å²) >= 11 is 1.43. The Morgan fingerprint density at radius 3 is 2.38 bits per heavy atom. The largest absolute Gasteiger partial charge is 0.508 e. The zero-order valence-electron chi connectivity index (χ0n) is 28.8. The van der Waals surface area contributed by atoms with Crippen LogP contribution in [0.25, 0.3) is 20.5 Å². The van der Waals surface area contributed by atoms with Crippen molar-refractivity contribution in [2.24, 2.45) is 0 Å². The number of carbonyl (C=O) groups is 1. The smallest absolute Gasteiger partial charge is 0.195 e. The summed E-state index contributed by atoms with van der Waals surface area (Å²) in [4.78, 5) is 17.3. The van der Waals surface area contributed by atoms with Crippen molar-refractivity contribution in [1.82, 2.24) is 4.90 Å². The second kappa shape index (κ2) is 11.7. The Morgan fingerprint density at radius 2 is 1.71 bits per heavy atom. The van der Waals surface area contributed by atoms with E-state index >= 15 is 0 Å². The van der Waals surface area contributed by atoms with Gasteiger partial charge in [-0.1, -0.05) is 6.42 Å². The Morgan fingerprint density at radius 1 is 1.02 bits per heavy atom. The van der Waals surface area contributed by atoms with Crippen LogP contribution in [-0.4, -0.2) is 45.6 Å². The van der Waals surface area contributed by atoms with Crippen molar-refractivity contribution in [3.05, 3.63) is 75.3 Å². The van der Waals surface area contributed by atoms with E-state index in [1.54, 1.807) is 37.3 Å². The molecule has 5 nitrogen and oxygen atoms in total. The fraction of sp³-hybridized carbons (Fsp3) is 0.417. The monoisotopic (exact) mass is 588 g/mol. The van der Waals surface area contributed by atoms with Gasteiger partial charge in [0.15, 0.2) is 5.78 Å². The van der Waals surface area contributed by atoms with Crippen LogP contribution in [0.4, 0.5) is 0 Å². The third kappa shape index (κ3) is 5.31. The van der Waals surface area contributed by atoms with Crippen LogP contribution in [0, 0.1) is 34.6 Å². The van der Waals surface area contributed by atoms with Crippen LogP contribution in [0.3, 0.4) is 0 Å². The molecule has 3 atom stereocenters. The van der Waals surface area contributed by atoms with Crippen molar-refractivity contribution >= 4 is 27.2 Å². The van der Waals surface area contributed by atoms with Crippen LogP contribution >= 0.6 is 11.3 Å². The SMILES string of the molecule is [2H]C([2H])(Oc1ccc(C(=O)c2c(-c3ccc(O)cc3C)sc3cc(O)c(C)c(C)c23)c(C)c1C)C([2H])(C)N1C(C)CCCC1C. The molecule has 1 aliphatic rings. The Labute approximate surface area is 258 Å². The number of ether oxygens (including phenoxy) is 1. The molecule has 5 rings (SSSR count). The fourth-order valence-corrected chi connectivity index (χ4v) is 7.78. The number of hydrogen-bond acceptors (Lipinski definition) is 6. The number of benzene rings is 3. The number of fused-ring (bicyclic) bond motifs is 1. The fourth-order valence-electron chi connectivity index (χ4n) is 6.39. The van der Waals surface area contributed by atoms with Gasteiger partial charge in [0.05, 0.1) is 4.11 Å². The van der Waals surface area contributed by atoms with Crippen molar-refractivity contribution in [1.29, 1.82) is 0 Å². The van der Waals surface area contributed by atoms with Gasteiger partial charge in [0.2, 0.25) is 0 Å². The van der Waals surface area contributed by atoms with Crippen LogP contribution < -0.4 is 4.74 Å². The van der Waals surface area contributed by atoms with E-state index in [0.717, 1.165) is 50.9 Å². The standard InChI is InChI=1S/C36H43NO4S/c1-19-16-27(38)12-13-28(19)36-34(33-26(8)24(6)30(39)17-32(33)42-36)35(40)29-14-15-31(25(7)23(29)5)41-18-22(4)37-20(2)10-9-11-21(37)3/h12-17,20-22,38-39H,9-11,18H2,1-8H3/i18D2,22D. The van der Waals surface area contributed by atoms with Crippen LogP contribution in [0.15, 0.2) is 36.4 Å². The highest BCUT2D eigenvalue weighted by Crippen LogP contribution is 2.45. The highest BCUT2D eigenvalue weighted by atomic mass is 32.1. The van der Waals surface area contributed by atoms with Gasteiger partial charge in [0, 0.05) is 44.2 Å². The third-order valence-corrected chi connectivity index (χ3v) is 10.2. The third-order valence-electron chi connectivity index (χ3n) is 9.08. The maximum atomic E-state index is 14.6. The van der Waals surface area contributed by atoms with Crippen LogP contribution in [-0.2, 0) is 0 Å². The lowest BCUT2D eigenvalue weighted by Gasteiger charge is -2.42. The van der Waals surface area contributed by atoms with Crippen molar-refractivity contribution in [3.63, 3.8) is 0 Å². The molecule has 6 heteroatoms. The lowest BCUT2D eigenvalue weighted by Crippen LogP contribution is -2.50. The second-order valence-electron chi connectivity index (χ2n) is 11.8. The molecule has 2 N–H and O–H groups in total. The number of aromatic hydroxyl groups is 2. The van der Waals surface area contributed by atoms with Crippen molar-refractivity contribution in [3.8, 4) is 27.7 Å². The highest BCUT2D eigenvalue weighted by Gasteiger charge is 2.30. The average molecular weight is 589 g/mol. The molecule has 1 aliphatic heterocycles. The van der Waals surface area contributed by atoms with Gasteiger partial charge in [-0.15, -0.1) is 11.3 Å². The molecule has 0 amide bonds. The van der Waals surface area contributed by atoms with E-state index < -0.39 is 12.6 Å². The molecule has 0 bridgehead atoms. The molecular formula is C36H43NO4S. The number of thiophene rings is 1. The van der Waals surface area contributed by atoms with E-state index in [0.29, 0.717) is 33.6 Å². The van der Waals surface area contributed by atoms with Gasteiger partial charge >= 0.3 is 0 Å². The lowest BCUT2D eigenvalue weighted by atomic mass is 9.90. The van der Waals surface area contributed by atoms with Crippen LogP contribution in [0.5, 0.6) is 17.2 Å². The number of phenols is 2. The van der Waals surface area contributed by atoms with Crippen LogP contribution in [0.1, 0.15) is 87.9 Å². The molecule has 0 aliphatic carbocycles. The highest BCUT2D eigenvalue weighted by molar-refractivity contribution is 7.23. The molecule has 4 aromatic rings. The van der Waals surface area contributed by atoms with Crippen molar-refractivity contribution in [2.45, 2.75) is 92.8 Å². The van der Waals surface area contributed by atoms with E-state index in [1.807, 2.05) is 59.4 Å². The van der Waals surface area contributed by atoms with Gasteiger partial charge in [-0.05, 0) is 138 Å². The Bertz CT molecular complexity index is 1800. The van der Waals surface area contributed by atoms with E-state index in [4.69, 9.17) is 8.85 Å². The normalized spacial score (nSPS) is 20.5. The first-order valence-corrected chi connectivity index (χ1v) is 15.5. The van der Waals surface area contributed by atoms with E-state index in [1.165, 1.54) is 11.3 Å². The number of carbonyl (C=O) groups excluding carboxylic acids is 1. The van der Waals surface area contributed by atoms with Gasteiger partial charge in [-0.25, -0.2) is 0 Å². The Kier molecular flexibility index (Phi) is 7.35. The topological polar surface area (TPSA) is 70.0 Å². The van der Waals surface area contributed by atoms with Gasteiger partial charge in [0.1, 0.15) is 23.8 Å². The van der Waals surface area contributed by atoms with Crippen molar-refractivity contribution < 1.29 is 23.9 Å². The van der Waals surface area contributed by atoms with Crippen LogP contribution in [0.2, 0.25) is 0 Å². The molecule has 3 aromatic carbocycles. The van der Waals surface area contributed by atoms with Gasteiger partial charge in [-0.2, -0.15) is 0 Å². The molecule has 1 fully saturated rings. The average Bonchev–Trinajstić information content (AvgIpc) is 3.32. The zero-order valence-corrected chi connectivity index (χ0v) is 26.6. The molecular weight excluding hydrogens is 542 g/mol. The first-order chi connectivity index (χ1) is 21.0. The Hall–Kier alpha value is -3.35. The number of aryl methyl sites for hydroxylation is 2. The maximum absolute atomic E-state index is 14.6. The molecule has 0 radical (unpaired) electrons. The molecule has 222 valence electrons. The van der Waals surface area contributed by atoms with E-state index in [-0.39, 0.29) is 29.4 Å². The summed E-state index contributed by atoms with van der Waals surface area (Å²) in [5.74, 6) is 0.427. The molecule has 1 aromatic heterocycles. The minimum absolute atomic E-state index is 0.0543. The zero-order chi connectivity index (χ0) is 33.2. The maximum Gasteiger partial charge on any atom is 0.195 e. The van der Waals surface area contributed by atoms with Gasteiger partial charge < -0.3 is 14.9 Å². The quantitative estimate of drug-likeness (QED) is 0.211. The number of rotatable bonds is 7. The van der Waals surface area contributed by atoms with E-state index in [2.05, 4.69) is 0 Å². The van der Waals surface area contributed by atoms with Crippen molar-refractivity contribution in [2.75, 3.05) is 6.56 Å².